The summed E-state index contributed by atoms with van der Waals surface area (Å²) in [6, 6.07) is 6.03. The number of benzene rings is 1. The first-order chi connectivity index (χ1) is 13.2. The number of esters is 1. The maximum absolute atomic E-state index is 11.9. The molecule has 0 bridgehead atoms. The maximum atomic E-state index is 11.9. The molecule has 0 spiro atoms. The van der Waals surface area contributed by atoms with E-state index in [0.29, 0.717) is 6.42 Å². The second-order valence-corrected chi connectivity index (χ2v) is 7.75. The second kappa shape index (κ2) is 6.31. The van der Waals surface area contributed by atoms with Crippen LogP contribution < -0.4 is 5.32 Å². The van der Waals surface area contributed by atoms with E-state index in [0.717, 1.165) is 45.5 Å². The Kier molecular flexibility index (Phi) is 3.78. The number of hydrogen-bond acceptors (Lipinski definition) is 7. The molecule has 136 valence electrons. The van der Waals surface area contributed by atoms with Gasteiger partial charge in [0.1, 0.15) is 17.0 Å². The summed E-state index contributed by atoms with van der Waals surface area (Å²) < 4.78 is 4.93. The van der Waals surface area contributed by atoms with Gasteiger partial charge in [-0.3, -0.25) is 9.89 Å². The molecule has 1 aliphatic carbocycles. The molecule has 7 nitrogen and oxygen atoms in total. The normalized spacial score (nSPS) is 16.4. The van der Waals surface area contributed by atoms with Gasteiger partial charge in [-0.05, 0) is 43.0 Å². The number of aromatic amines is 1. The van der Waals surface area contributed by atoms with Crippen LogP contribution in [0, 0.1) is 5.92 Å². The molecule has 0 fully saturated rings. The summed E-state index contributed by atoms with van der Waals surface area (Å²) >= 11 is 1.65. The fraction of sp³-hybridized carbons (Fsp3) is 0.263. The predicted molar refractivity (Wildman–Crippen MR) is 104 cm³/mol. The van der Waals surface area contributed by atoms with Crippen molar-refractivity contribution in [2.45, 2.75) is 19.3 Å². The molecular formula is C19H17N5O2S. The highest BCUT2D eigenvalue weighted by Crippen LogP contribution is 2.40. The number of ether oxygens (including phenoxy) is 1. The van der Waals surface area contributed by atoms with Gasteiger partial charge in [-0.2, -0.15) is 5.10 Å². The number of hydrogen-bond donors (Lipinski definition) is 2. The monoisotopic (exact) mass is 379 g/mol. The van der Waals surface area contributed by atoms with Crippen molar-refractivity contribution < 1.29 is 9.53 Å². The van der Waals surface area contributed by atoms with Crippen molar-refractivity contribution in [1.82, 2.24) is 20.2 Å². The minimum Gasteiger partial charge on any atom is -0.469 e. The number of carbonyl (C=O) groups is 1. The number of aryl methyl sites for hydroxylation is 1. The molecular weight excluding hydrogens is 362 g/mol. The molecule has 1 aromatic carbocycles. The number of aromatic nitrogens is 4. The highest BCUT2D eigenvalue weighted by molar-refractivity contribution is 7.19. The van der Waals surface area contributed by atoms with Gasteiger partial charge >= 0.3 is 5.97 Å². The van der Waals surface area contributed by atoms with Crippen molar-refractivity contribution in [2.75, 3.05) is 12.4 Å². The zero-order valence-corrected chi connectivity index (χ0v) is 15.5. The van der Waals surface area contributed by atoms with Crippen LogP contribution in [0.3, 0.4) is 0 Å². The molecule has 27 heavy (non-hydrogen) atoms. The number of nitrogens with one attached hydrogen (secondary N) is 2. The zero-order chi connectivity index (χ0) is 18.4. The topological polar surface area (TPSA) is 92.8 Å². The predicted octanol–water partition coefficient (Wildman–Crippen LogP) is 3.59. The van der Waals surface area contributed by atoms with Crippen molar-refractivity contribution in [3.05, 3.63) is 41.2 Å². The van der Waals surface area contributed by atoms with E-state index in [1.807, 2.05) is 18.2 Å². The Bertz CT molecular complexity index is 1170. The molecule has 8 heteroatoms. The molecule has 0 radical (unpaired) electrons. The molecule has 3 aromatic heterocycles. The molecule has 1 atom stereocenters. The van der Waals surface area contributed by atoms with Gasteiger partial charge in [0, 0.05) is 16.0 Å². The summed E-state index contributed by atoms with van der Waals surface area (Å²) in [6.07, 6.45) is 5.72. The molecule has 3 heterocycles. The number of fused-ring (bicyclic) bond motifs is 4. The van der Waals surface area contributed by atoms with Gasteiger partial charge in [0.25, 0.3) is 0 Å². The molecule has 5 rings (SSSR count). The first-order valence-electron chi connectivity index (χ1n) is 8.76. The number of methoxy groups -OCH3 is 1. The average molecular weight is 379 g/mol. The van der Waals surface area contributed by atoms with Gasteiger partial charge in [0.15, 0.2) is 0 Å². The third-order valence-corrected chi connectivity index (χ3v) is 6.25. The smallest absolute Gasteiger partial charge is 0.309 e. The first-order valence-corrected chi connectivity index (χ1v) is 9.58. The molecule has 0 amide bonds. The number of thiophene rings is 1. The van der Waals surface area contributed by atoms with Crippen LogP contribution >= 0.6 is 11.3 Å². The lowest BCUT2D eigenvalue weighted by Crippen LogP contribution is -2.22. The second-order valence-electron chi connectivity index (χ2n) is 6.67. The van der Waals surface area contributed by atoms with E-state index in [1.54, 1.807) is 23.9 Å². The SMILES string of the molecule is COC(=O)C1CCc2c(sc3ncnc(Nc4ccc5[nH]ncc5c4)c23)C1. The van der Waals surface area contributed by atoms with E-state index in [4.69, 9.17) is 4.74 Å². The third kappa shape index (κ3) is 2.73. The van der Waals surface area contributed by atoms with Gasteiger partial charge in [0.05, 0.1) is 30.1 Å². The summed E-state index contributed by atoms with van der Waals surface area (Å²) in [6.45, 7) is 0. The van der Waals surface area contributed by atoms with E-state index in [-0.39, 0.29) is 11.9 Å². The number of rotatable bonds is 3. The number of nitrogens with zero attached hydrogens (tertiary/aromatic N) is 3. The molecule has 0 saturated carbocycles. The lowest BCUT2D eigenvalue weighted by molar-refractivity contribution is -0.145. The summed E-state index contributed by atoms with van der Waals surface area (Å²) in [5.74, 6) is 0.608. The van der Waals surface area contributed by atoms with Crippen LogP contribution in [0.5, 0.6) is 0 Å². The Morgan fingerprint density at radius 2 is 2.30 bits per heavy atom. The number of carbonyl (C=O) groups excluding carboxylic acids is 1. The maximum Gasteiger partial charge on any atom is 0.309 e. The van der Waals surface area contributed by atoms with Crippen LogP contribution in [0.4, 0.5) is 11.5 Å². The van der Waals surface area contributed by atoms with Crippen LogP contribution in [0.15, 0.2) is 30.7 Å². The molecule has 0 saturated heterocycles. The van der Waals surface area contributed by atoms with E-state index in [9.17, 15) is 4.79 Å². The quantitative estimate of drug-likeness (QED) is 0.529. The summed E-state index contributed by atoms with van der Waals surface area (Å²) in [4.78, 5) is 23.0. The van der Waals surface area contributed by atoms with Gasteiger partial charge in [-0.1, -0.05) is 0 Å². The Hall–Kier alpha value is -3.00. The fourth-order valence-corrected chi connectivity index (χ4v) is 5.00. The van der Waals surface area contributed by atoms with Crippen molar-refractivity contribution in [3.8, 4) is 0 Å². The molecule has 4 aromatic rings. The highest BCUT2D eigenvalue weighted by Gasteiger charge is 2.29. The molecule has 1 aliphatic rings. The highest BCUT2D eigenvalue weighted by atomic mass is 32.1. The number of anilines is 2. The third-order valence-electron chi connectivity index (χ3n) is 5.08. The minimum absolute atomic E-state index is 0.0663. The van der Waals surface area contributed by atoms with Crippen LogP contribution in [0.2, 0.25) is 0 Å². The van der Waals surface area contributed by atoms with E-state index < -0.39 is 0 Å². The van der Waals surface area contributed by atoms with E-state index in [1.165, 1.54) is 17.6 Å². The average Bonchev–Trinajstić information content (AvgIpc) is 3.30. The Morgan fingerprint density at radius 3 is 3.19 bits per heavy atom. The van der Waals surface area contributed by atoms with Crippen molar-refractivity contribution in [3.63, 3.8) is 0 Å². The first kappa shape index (κ1) is 16.2. The van der Waals surface area contributed by atoms with Crippen LogP contribution in [0.1, 0.15) is 16.9 Å². The number of H-pyrrole nitrogens is 1. The van der Waals surface area contributed by atoms with E-state index >= 15 is 0 Å². The van der Waals surface area contributed by atoms with Gasteiger partial charge < -0.3 is 10.1 Å². The molecule has 2 N–H and O–H groups in total. The van der Waals surface area contributed by atoms with Crippen molar-refractivity contribution >= 4 is 49.9 Å². The fourth-order valence-electron chi connectivity index (χ4n) is 3.73. The lowest BCUT2D eigenvalue weighted by atomic mass is 9.88. The van der Waals surface area contributed by atoms with Gasteiger partial charge in [0.2, 0.25) is 0 Å². The largest absolute Gasteiger partial charge is 0.469 e. The summed E-state index contributed by atoms with van der Waals surface area (Å²) in [7, 11) is 1.45. The van der Waals surface area contributed by atoms with Gasteiger partial charge in [-0.25, -0.2) is 9.97 Å². The Morgan fingerprint density at radius 1 is 1.37 bits per heavy atom. The summed E-state index contributed by atoms with van der Waals surface area (Å²) in [5, 5.41) is 12.6. The summed E-state index contributed by atoms with van der Waals surface area (Å²) in [5.41, 5.74) is 3.20. The lowest BCUT2D eigenvalue weighted by Gasteiger charge is -2.20. The minimum atomic E-state index is -0.129. The Balaban J connectivity index is 1.54. The van der Waals surface area contributed by atoms with E-state index in [2.05, 4.69) is 25.5 Å². The standard InChI is InChI=1S/C19H17N5O2S/c1-26-19(25)10-2-4-13-15(7-10)27-18-16(13)17(20-9-21-18)23-12-3-5-14-11(6-12)8-22-24-14/h3,5-6,8-10H,2,4,7H2,1H3,(H,22,24)(H,20,21,23). The van der Waals surface area contributed by atoms with Crippen LogP contribution in [-0.2, 0) is 22.4 Å². The molecule has 1 unspecified atom stereocenters. The Labute approximate surface area is 158 Å². The zero-order valence-electron chi connectivity index (χ0n) is 14.7. The van der Waals surface area contributed by atoms with Crippen molar-refractivity contribution in [1.29, 1.82) is 0 Å². The van der Waals surface area contributed by atoms with Crippen LogP contribution in [0.25, 0.3) is 21.1 Å². The van der Waals surface area contributed by atoms with Crippen LogP contribution in [-0.4, -0.2) is 33.2 Å². The van der Waals surface area contributed by atoms with Crippen molar-refractivity contribution in [2.24, 2.45) is 5.92 Å². The molecule has 0 aliphatic heterocycles. The van der Waals surface area contributed by atoms with Gasteiger partial charge in [-0.15, -0.1) is 11.3 Å².